The van der Waals surface area contributed by atoms with E-state index in [1.54, 1.807) is 22.7 Å². The highest BCUT2D eigenvalue weighted by atomic mass is 19.4. The number of carbonyl (C=O) groups is 2. The summed E-state index contributed by atoms with van der Waals surface area (Å²) in [7, 11) is 1.80. The summed E-state index contributed by atoms with van der Waals surface area (Å²) >= 11 is 0. The van der Waals surface area contributed by atoms with Crippen LogP contribution in [-0.4, -0.2) is 56.9 Å². The number of hydrogen-bond acceptors (Lipinski definition) is 5. The number of amides is 2. The van der Waals surface area contributed by atoms with E-state index in [-0.39, 0.29) is 55.1 Å². The lowest BCUT2D eigenvalue weighted by molar-refractivity contribution is -0.140. The van der Waals surface area contributed by atoms with Crippen molar-refractivity contribution in [3.05, 3.63) is 95.1 Å². The van der Waals surface area contributed by atoms with Crippen LogP contribution < -0.4 is 10.6 Å². The fourth-order valence-electron chi connectivity index (χ4n) is 6.46. The van der Waals surface area contributed by atoms with Crippen molar-refractivity contribution in [1.82, 2.24) is 30.5 Å². The summed E-state index contributed by atoms with van der Waals surface area (Å²) in [6.07, 6.45) is -3.49. The van der Waals surface area contributed by atoms with Gasteiger partial charge in [-0.05, 0) is 66.0 Å². The Morgan fingerprint density at radius 2 is 1.79 bits per heavy atom. The zero-order valence-electron chi connectivity index (χ0n) is 23.7. The van der Waals surface area contributed by atoms with E-state index in [0.29, 0.717) is 18.5 Å². The average Bonchev–Trinajstić information content (AvgIpc) is 3.75. The van der Waals surface area contributed by atoms with Crippen molar-refractivity contribution in [2.45, 2.75) is 50.0 Å². The topological polar surface area (TPSA) is 92.2 Å². The lowest BCUT2D eigenvalue weighted by Crippen LogP contribution is -2.51. The molecule has 4 aromatic rings. The normalized spacial score (nSPS) is 22.3. The maximum Gasteiger partial charge on any atom is 0.416 e. The van der Waals surface area contributed by atoms with Crippen molar-refractivity contribution in [3.63, 3.8) is 0 Å². The molecule has 1 aromatic heterocycles. The molecule has 11 heteroatoms. The SMILES string of the molecule is Cn1nnc2cc(CNC(=O)[C@@H]3C[C@@H](Cc4ccccc4C(F)(F)F)CN3C(=O)[C@H]3C[C@@H](c4ccccc4)CN3)ccc21. The predicted molar refractivity (Wildman–Crippen MR) is 155 cm³/mol. The largest absolute Gasteiger partial charge is 0.416 e. The Bertz CT molecular complexity index is 1620. The number of hydrogen-bond donors (Lipinski definition) is 2. The summed E-state index contributed by atoms with van der Waals surface area (Å²) in [6, 6.07) is 19.8. The van der Waals surface area contributed by atoms with Crippen LogP contribution in [0.2, 0.25) is 0 Å². The van der Waals surface area contributed by atoms with Gasteiger partial charge in [0.1, 0.15) is 11.6 Å². The first-order chi connectivity index (χ1) is 20.7. The zero-order chi connectivity index (χ0) is 30.1. The molecule has 0 aliphatic carbocycles. The first kappa shape index (κ1) is 28.9. The number of alkyl halides is 3. The van der Waals surface area contributed by atoms with Crippen LogP contribution in [0.25, 0.3) is 11.0 Å². The molecule has 2 saturated heterocycles. The highest BCUT2D eigenvalue weighted by Crippen LogP contribution is 2.36. The minimum atomic E-state index is -4.48. The van der Waals surface area contributed by atoms with Gasteiger partial charge in [-0.2, -0.15) is 13.2 Å². The highest BCUT2D eigenvalue weighted by Gasteiger charge is 2.44. The van der Waals surface area contributed by atoms with Gasteiger partial charge in [-0.15, -0.1) is 5.10 Å². The van der Waals surface area contributed by atoms with Gasteiger partial charge in [0.2, 0.25) is 11.8 Å². The van der Waals surface area contributed by atoms with Crippen LogP contribution in [0, 0.1) is 5.92 Å². The summed E-state index contributed by atoms with van der Waals surface area (Å²) in [6.45, 7) is 1.07. The summed E-state index contributed by atoms with van der Waals surface area (Å²) in [5, 5.41) is 14.4. The van der Waals surface area contributed by atoms with Crippen molar-refractivity contribution < 1.29 is 22.8 Å². The molecule has 2 aliphatic rings. The van der Waals surface area contributed by atoms with Crippen molar-refractivity contribution in [2.24, 2.45) is 13.0 Å². The third kappa shape index (κ3) is 6.13. The fourth-order valence-corrected chi connectivity index (χ4v) is 6.46. The van der Waals surface area contributed by atoms with Gasteiger partial charge in [0.25, 0.3) is 0 Å². The van der Waals surface area contributed by atoms with E-state index in [1.165, 1.54) is 12.1 Å². The molecule has 224 valence electrons. The Hall–Kier alpha value is -4.25. The summed E-state index contributed by atoms with van der Waals surface area (Å²) < 4.78 is 42.8. The smallest absolute Gasteiger partial charge is 0.350 e. The Morgan fingerprint density at radius 1 is 1.02 bits per heavy atom. The van der Waals surface area contributed by atoms with Gasteiger partial charge >= 0.3 is 6.18 Å². The summed E-state index contributed by atoms with van der Waals surface area (Å²) in [4.78, 5) is 29.0. The van der Waals surface area contributed by atoms with E-state index in [0.717, 1.165) is 22.7 Å². The quantitative estimate of drug-likeness (QED) is 0.337. The number of aryl methyl sites for hydroxylation is 1. The molecule has 43 heavy (non-hydrogen) atoms. The number of nitrogens with one attached hydrogen (secondary N) is 2. The molecule has 0 spiro atoms. The van der Waals surface area contributed by atoms with Crippen LogP contribution in [0.3, 0.4) is 0 Å². The number of halogens is 3. The van der Waals surface area contributed by atoms with Crippen LogP contribution in [0.5, 0.6) is 0 Å². The molecule has 8 nitrogen and oxygen atoms in total. The number of fused-ring (bicyclic) bond motifs is 1. The minimum Gasteiger partial charge on any atom is -0.350 e. The van der Waals surface area contributed by atoms with Gasteiger partial charge in [-0.3, -0.25) is 9.59 Å². The van der Waals surface area contributed by atoms with E-state index < -0.39 is 23.8 Å². The molecule has 3 heterocycles. The van der Waals surface area contributed by atoms with Gasteiger partial charge in [0.15, 0.2) is 0 Å². The molecule has 0 bridgehead atoms. The lowest BCUT2D eigenvalue weighted by atomic mass is 9.93. The zero-order valence-corrected chi connectivity index (χ0v) is 23.7. The van der Waals surface area contributed by atoms with Gasteiger partial charge in [-0.25, -0.2) is 4.68 Å². The first-order valence-corrected chi connectivity index (χ1v) is 14.5. The van der Waals surface area contributed by atoms with Crippen molar-refractivity contribution in [3.8, 4) is 0 Å². The third-order valence-electron chi connectivity index (χ3n) is 8.65. The molecule has 4 atom stereocenters. The second-order valence-corrected chi connectivity index (χ2v) is 11.5. The Kier molecular flexibility index (Phi) is 7.91. The van der Waals surface area contributed by atoms with Crippen molar-refractivity contribution in [2.75, 3.05) is 13.1 Å². The number of likely N-dealkylation sites (tertiary alicyclic amines) is 1. The molecular weight excluding hydrogens is 557 g/mol. The molecule has 3 aromatic carbocycles. The first-order valence-electron chi connectivity index (χ1n) is 14.5. The van der Waals surface area contributed by atoms with Crippen LogP contribution in [0.4, 0.5) is 13.2 Å². The second kappa shape index (κ2) is 11.8. The minimum absolute atomic E-state index is 0.122. The van der Waals surface area contributed by atoms with Gasteiger partial charge in [0, 0.05) is 26.7 Å². The van der Waals surface area contributed by atoms with Gasteiger partial charge in [0.05, 0.1) is 17.1 Å². The second-order valence-electron chi connectivity index (χ2n) is 11.5. The van der Waals surface area contributed by atoms with Crippen molar-refractivity contribution >= 4 is 22.8 Å². The van der Waals surface area contributed by atoms with Crippen LogP contribution in [-0.2, 0) is 35.8 Å². The summed E-state index contributed by atoms with van der Waals surface area (Å²) in [5.41, 5.74) is 3.04. The Balaban J connectivity index is 1.19. The number of carbonyl (C=O) groups excluding carboxylic acids is 2. The number of nitrogens with zero attached hydrogens (tertiary/aromatic N) is 4. The highest BCUT2D eigenvalue weighted by molar-refractivity contribution is 5.90. The fraction of sp³-hybridized carbons (Fsp3) is 0.375. The molecule has 2 amide bonds. The third-order valence-corrected chi connectivity index (χ3v) is 8.65. The van der Waals surface area contributed by atoms with Crippen LogP contribution in [0.1, 0.15) is 41.0 Å². The van der Waals surface area contributed by atoms with E-state index in [2.05, 4.69) is 20.9 Å². The number of aromatic nitrogens is 3. The van der Waals surface area contributed by atoms with E-state index in [1.807, 2.05) is 48.5 Å². The van der Waals surface area contributed by atoms with Crippen molar-refractivity contribution in [1.29, 1.82) is 0 Å². The average molecular weight is 591 g/mol. The molecule has 2 aliphatic heterocycles. The van der Waals surface area contributed by atoms with E-state index in [4.69, 9.17) is 0 Å². The Morgan fingerprint density at radius 3 is 2.58 bits per heavy atom. The molecule has 0 unspecified atom stereocenters. The molecule has 2 N–H and O–H groups in total. The predicted octanol–water partition coefficient (Wildman–Crippen LogP) is 4.21. The Labute approximate surface area is 247 Å². The van der Waals surface area contributed by atoms with Crippen LogP contribution in [0.15, 0.2) is 72.8 Å². The maximum atomic E-state index is 13.9. The molecular formula is C32H33F3N6O2. The number of rotatable bonds is 7. The summed E-state index contributed by atoms with van der Waals surface area (Å²) in [5.74, 6) is -0.649. The van der Waals surface area contributed by atoms with E-state index in [9.17, 15) is 22.8 Å². The lowest BCUT2D eigenvalue weighted by Gasteiger charge is -2.27. The monoisotopic (exact) mass is 590 g/mol. The van der Waals surface area contributed by atoms with E-state index >= 15 is 0 Å². The standard InChI is InChI=1S/C32H33F3N6O2/c1-40-28-12-11-20(14-26(28)38-39-40)17-37-30(42)29-15-21(13-23-9-5-6-10-25(23)32(33,34)35)19-41(29)31(43)27-16-24(18-36-27)22-7-3-2-4-8-22/h2-12,14,21,24,27,29,36H,13,15-19H2,1H3,(H,37,42)/t21-,24-,27-,29+/m1/s1. The molecule has 6 rings (SSSR count). The number of benzene rings is 3. The molecule has 2 fully saturated rings. The molecule has 0 radical (unpaired) electrons. The maximum absolute atomic E-state index is 13.9. The van der Waals surface area contributed by atoms with Gasteiger partial charge in [-0.1, -0.05) is 59.8 Å². The van der Waals surface area contributed by atoms with Gasteiger partial charge < -0.3 is 15.5 Å². The molecule has 0 saturated carbocycles. The van der Waals surface area contributed by atoms with Crippen LogP contribution >= 0.6 is 0 Å².